The first-order chi connectivity index (χ1) is 28.0. The quantitative estimate of drug-likeness (QED) is 0.0244. The molecule has 0 heterocycles. The van der Waals surface area contributed by atoms with Gasteiger partial charge in [0.2, 0.25) is 5.91 Å². The first kappa shape index (κ1) is 56.7. The van der Waals surface area contributed by atoms with E-state index in [-0.39, 0.29) is 19.1 Å². The molecule has 3 atom stereocenters. The topological polar surface area (TPSA) is 105 Å². The minimum Gasteiger partial charge on any atom is -0.387 e. The molecule has 58 heavy (non-hydrogen) atoms. The number of carbonyl (C=O) groups excluding carboxylic acids is 1. The molecule has 3 N–H and O–H groups in total. The lowest BCUT2D eigenvalue weighted by Crippen LogP contribution is -2.45. The number of nitrogens with one attached hydrogen (secondary N) is 1. The van der Waals surface area contributed by atoms with Crippen molar-refractivity contribution in [2.24, 2.45) is 0 Å². The summed E-state index contributed by atoms with van der Waals surface area (Å²) >= 11 is 0. The summed E-state index contributed by atoms with van der Waals surface area (Å²) in [6.45, 7) is 4.79. The van der Waals surface area contributed by atoms with Gasteiger partial charge < -0.3 is 19.8 Å². The largest absolute Gasteiger partial charge is 0.472 e. The monoisotopic (exact) mass is 840 g/mol. The summed E-state index contributed by atoms with van der Waals surface area (Å²) in [7, 11) is 1.55. The molecule has 0 aliphatic carbocycles. The molecule has 0 aliphatic rings. The Labute approximate surface area is 359 Å². The van der Waals surface area contributed by atoms with Crippen LogP contribution in [-0.2, 0) is 18.4 Å². The number of phosphoric acid groups is 1. The maximum Gasteiger partial charge on any atom is 0.472 e. The lowest BCUT2D eigenvalue weighted by atomic mass is 10.0. The Kier molecular flexibility index (Phi) is 40.2. The van der Waals surface area contributed by atoms with Crippen LogP contribution in [0.2, 0.25) is 0 Å². The van der Waals surface area contributed by atoms with Crippen LogP contribution in [0.15, 0.2) is 36.5 Å². The molecule has 0 aliphatic heterocycles. The van der Waals surface area contributed by atoms with E-state index in [0.717, 1.165) is 38.5 Å². The van der Waals surface area contributed by atoms with Crippen molar-refractivity contribution in [1.82, 2.24) is 5.32 Å². The summed E-state index contributed by atoms with van der Waals surface area (Å²) in [5.41, 5.74) is 0. The van der Waals surface area contributed by atoms with Crippen molar-refractivity contribution >= 4 is 13.7 Å². The van der Waals surface area contributed by atoms with E-state index in [4.69, 9.17) is 9.05 Å². The molecule has 0 saturated carbocycles. The predicted molar refractivity (Wildman–Crippen MR) is 249 cm³/mol. The fourth-order valence-electron chi connectivity index (χ4n) is 6.93. The fraction of sp³-hybridized carbons (Fsp3) is 0.857. The van der Waals surface area contributed by atoms with E-state index in [0.29, 0.717) is 17.4 Å². The number of aliphatic hydroxyl groups is 1. The second kappa shape index (κ2) is 41.1. The number of amides is 1. The van der Waals surface area contributed by atoms with Gasteiger partial charge in [-0.2, -0.15) is 0 Å². The van der Waals surface area contributed by atoms with Gasteiger partial charge in [0.05, 0.1) is 39.9 Å². The SMILES string of the molecule is CCCCCCCCCC/C=C/CC/C=C/C(O)C(COP(=O)(O)OCC[N+](C)(C)C)NC(=O)CCCCCCCCC/C=C\CCCCCCCCCCCCC. The molecule has 1 amide bonds. The van der Waals surface area contributed by atoms with Crippen LogP contribution < -0.4 is 5.32 Å². The van der Waals surface area contributed by atoms with Crippen LogP contribution in [0.25, 0.3) is 0 Å². The first-order valence-corrected chi connectivity index (χ1v) is 25.9. The summed E-state index contributed by atoms with van der Waals surface area (Å²) < 4.78 is 23.6. The average Bonchev–Trinajstić information content (AvgIpc) is 3.17. The van der Waals surface area contributed by atoms with Crippen LogP contribution in [0.1, 0.15) is 219 Å². The molecule has 0 radical (unpaired) electrons. The summed E-state index contributed by atoms with van der Waals surface area (Å²) in [5, 5.41) is 13.8. The molecule has 342 valence electrons. The van der Waals surface area contributed by atoms with Gasteiger partial charge in [-0.25, -0.2) is 4.57 Å². The Hall–Kier alpha value is -1.28. The molecule has 0 fully saturated rings. The van der Waals surface area contributed by atoms with Crippen LogP contribution in [0.4, 0.5) is 0 Å². The minimum atomic E-state index is -4.35. The van der Waals surface area contributed by atoms with Gasteiger partial charge in [0.25, 0.3) is 0 Å². The van der Waals surface area contributed by atoms with Crippen molar-refractivity contribution < 1.29 is 32.9 Å². The van der Waals surface area contributed by atoms with E-state index in [2.05, 4.69) is 43.5 Å². The number of hydrogen-bond donors (Lipinski definition) is 3. The van der Waals surface area contributed by atoms with E-state index in [1.165, 1.54) is 161 Å². The van der Waals surface area contributed by atoms with Crippen molar-refractivity contribution in [1.29, 1.82) is 0 Å². The van der Waals surface area contributed by atoms with E-state index in [9.17, 15) is 19.4 Å². The molecule has 0 aromatic rings. The van der Waals surface area contributed by atoms with Gasteiger partial charge in [-0.15, -0.1) is 0 Å². The van der Waals surface area contributed by atoms with E-state index in [1.54, 1.807) is 6.08 Å². The number of phosphoric ester groups is 1. The number of rotatable bonds is 44. The second-order valence-electron chi connectivity index (χ2n) is 17.8. The molecular formula is C49H96N2O6P+. The molecule has 0 bridgehead atoms. The summed E-state index contributed by atoms with van der Waals surface area (Å²) in [6.07, 6.45) is 50.8. The summed E-state index contributed by atoms with van der Waals surface area (Å²) in [5.74, 6) is -0.191. The number of nitrogens with zero attached hydrogens (tertiary/aromatic N) is 1. The molecular weight excluding hydrogens is 744 g/mol. The molecule has 0 rings (SSSR count). The van der Waals surface area contributed by atoms with Crippen molar-refractivity contribution in [2.45, 2.75) is 231 Å². The zero-order valence-electron chi connectivity index (χ0n) is 38.8. The third kappa shape index (κ3) is 42.8. The Morgan fingerprint density at radius 2 is 0.948 bits per heavy atom. The van der Waals surface area contributed by atoms with Gasteiger partial charge in [-0.05, 0) is 57.8 Å². The third-order valence-corrected chi connectivity index (χ3v) is 11.8. The van der Waals surface area contributed by atoms with Gasteiger partial charge in [0.1, 0.15) is 13.2 Å². The first-order valence-electron chi connectivity index (χ1n) is 24.4. The highest BCUT2D eigenvalue weighted by atomic mass is 31.2. The Morgan fingerprint density at radius 1 is 0.569 bits per heavy atom. The van der Waals surface area contributed by atoms with Crippen LogP contribution in [0.3, 0.4) is 0 Å². The number of hydrogen-bond acceptors (Lipinski definition) is 5. The lowest BCUT2D eigenvalue weighted by molar-refractivity contribution is -0.870. The highest BCUT2D eigenvalue weighted by molar-refractivity contribution is 7.47. The lowest BCUT2D eigenvalue weighted by Gasteiger charge is -2.25. The van der Waals surface area contributed by atoms with Crippen LogP contribution in [-0.4, -0.2) is 73.4 Å². The molecule has 0 saturated heterocycles. The summed E-state index contributed by atoms with van der Waals surface area (Å²) in [6, 6.07) is -0.863. The second-order valence-corrected chi connectivity index (χ2v) is 19.3. The van der Waals surface area contributed by atoms with E-state index < -0.39 is 20.0 Å². The smallest absolute Gasteiger partial charge is 0.387 e. The third-order valence-electron chi connectivity index (χ3n) is 10.8. The molecule has 3 unspecified atom stereocenters. The number of likely N-dealkylation sites (N-methyl/N-ethyl adjacent to an activating group) is 1. The van der Waals surface area contributed by atoms with Crippen molar-refractivity contribution in [3.05, 3.63) is 36.5 Å². The fourth-order valence-corrected chi connectivity index (χ4v) is 7.67. The van der Waals surface area contributed by atoms with Gasteiger partial charge in [-0.1, -0.05) is 192 Å². The highest BCUT2D eigenvalue weighted by Gasteiger charge is 2.27. The minimum absolute atomic E-state index is 0.0554. The Balaban J connectivity index is 4.33. The number of quaternary nitrogens is 1. The maximum atomic E-state index is 12.9. The Bertz CT molecular complexity index is 1040. The zero-order chi connectivity index (χ0) is 42.8. The molecule has 8 nitrogen and oxygen atoms in total. The average molecular weight is 840 g/mol. The summed E-state index contributed by atoms with van der Waals surface area (Å²) in [4.78, 5) is 23.2. The zero-order valence-corrected chi connectivity index (χ0v) is 39.7. The standard InChI is InChI=1S/C49H95N2O6P/c1-6-8-10-12-14-16-18-20-22-23-24-25-26-27-28-29-31-33-35-37-39-41-43-49(53)50-47(46-57-58(54,55)56-45-44-51(3,4)5)48(52)42-40-38-36-34-32-30-21-19-17-15-13-11-9-7-2/h26-27,32,34,40,42,47-48,52H,6-25,28-31,33,35-39,41,43-46H2,1-5H3,(H-,50,53,54,55)/p+1/b27-26-,34-32+,42-40+. The van der Waals surface area contributed by atoms with Gasteiger partial charge in [0.15, 0.2) is 0 Å². The number of unbranched alkanes of at least 4 members (excludes halogenated alkanes) is 27. The van der Waals surface area contributed by atoms with Crippen molar-refractivity contribution in [2.75, 3.05) is 40.9 Å². The van der Waals surface area contributed by atoms with Crippen LogP contribution >= 0.6 is 7.82 Å². The molecule has 9 heteroatoms. The molecule has 0 aromatic heterocycles. The van der Waals surface area contributed by atoms with Gasteiger partial charge in [0, 0.05) is 6.42 Å². The van der Waals surface area contributed by atoms with E-state index in [1.807, 2.05) is 27.2 Å². The maximum absolute atomic E-state index is 12.9. The van der Waals surface area contributed by atoms with Crippen molar-refractivity contribution in [3.63, 3.8) is 0 Å². The number of allylic oxidation sites excluding steroid dienone is 5. The molecule has 0 spiro atoms. The Morgan fingerprint density at radius 3 is 1.38 bits per heavy atom. The van der Waals surface area contributed by atoms with E-state index >= 15 is 0 Å². The number of aliphatic hydroxyl groups excluding tert-OH is 1. The molecule has 0 aromatic carbocycles. The van der Waals surface area contributed by atoms with Gasteiger partial charge in [-0.3, -0.25) is 13.8 Å². The number of carbonyl (C=O) groups is 1. The normalized spacial score (nSPS) is 14.5. The predicted octanol–water partition coefficient (Wildman–Crippen LogP) is 13.9. The van der Waals surface area contributed by atoms with Gasteiger partial charge >= 0.3 is 7.82 Å². The highest BCUT2D eigenvalue weighted by Crippen LogP contribution is 2.43. The van der Waals surface area contributed by atoms with Crippen molar-refractivity contribution in [3.8, 4) is 0 Å². The van der Waals surface area contributed by atoms with Crippen LogP contribution in [0, 0.1) is 0 Å². The van der Waals surface area contributed by atoms with Crippen LogP contribution in [0.5, 0.6) is 0 Å².